The topological polar surface area (TPSA) is 24.4 Å². The lowest BCUT2D eigenvalue weighted by Crippen LogP contribution is -2.32. The lowest BCUT2D eigenvalue weighted by molar-refractivity contribution is 0.543. The quantitative estimate of drug-likeness (QED) is 0.834. The first kappa shape index (κ1) is 12.4. The molecule has 1 aliphatic rings. The number of hydrogen-bond acceptors (Lipinski definition) is 1. The maximum atomic E-state index is 6.07. The fourth-order valence-electron chi connectivity index (χ4n) is 2.24. The standard InChI is InChI=1S/C14H19ClN2/c1-4-7-16-13-9-14(2,3)11-8-10(15)5-6-12(11)17-13/h5-6,8H,4,7,9H2,1-3H3,(H,16,17). The molecule has 2 nitrogen and oxygen atoms in total. The molecule has 0 radical (unpaired) electrons. The largest absolute Gasteiger partial charge is 0.344 e. The molecule has 3 heteroatoms. The fraction of sp³-hybridized carbons (Fsp3) is 0.500. The zero-order chi connectivity index (χ0) is 12.5. The van der Waals surface area contributed by atoms with Gasteiger partial charge in [-0.05, 0) is 35.6 Å². The maximum Gasteiger partial charge on any atom is 0.102 e. The zero-order valence-corrected chi connectivity index (χ0v) is 11.4. The van der Waals surface area contributed by atoms with Crippen molar-refractivity contribution in [3.05, 3.63) is 28.8 Å². The molecule has 0 aliphatic carbocycles. The number of rotatable bonds is 2. The van der Waals surface area contributed by atoms with Crippen LogP contribution in [0.4, 0.5) is 5.69 Å². The molecule has 0 amide bonds. The number of fused-ring (bicyclic) bond motifs is 1. The van der Waals surface area contributed by atoms with Crippen molar-refractivity contribution in [1.29, 1.82) is 0 Å². The molecular weight excluding hydrogens is 232 g/mol. The van der Waals surface area contributed by atoms with Gasteiger partial charge < -0.3 is 5.32 Å². The Morgan fingerprint density at radius 3 is 2.88 bits per heavy atom. The summed E-state index contributed by atoms with van der Waals surface area (Å²) in [4.78, 5) is 4.59. The lowest BCUT2D eigenvalue weighted by atomic mass is 9.78. The van der Waals surface area contributed by atoms with Gasteiger partial charge >= 0.3 is 0 Å². The Morgan fingerprint density at radius 2 is 2.18 bits per heavy atom. The van der Waals surface area contributed by atoms with Gasteiger partial charge in [-0.3, -0.25) is 4.99 Å². The first-order valence-electron chi connectivity index (χ1n) is 6.13. The third kappa shape index (κ3) is 2.63. The molecule has 17 heavy (non-hydrogen) atoms. The Balaban J connectivity index is 2.37. The molecule has 0 saturated heterocycles. The van der Waals surface area contributed by atoms with Crippen LogP contribution in [-0.4, -0.2) is 12.4 Å². The summed E-state index contributed by atoms with van der Waals surface area (Å²) in [7, 11) is 0. The second-order valence-electron chi connectivity index (χ2n) is 5.20. The van der Waals surface area contributed by atoms with Crippen LogP contribution in [0.25, 0.3) is 0 Å². The number of benzene rings is 1. The van der Waals surface area contributed by atoms with E-state index in [1.807, 2.05) is 12.1 Å². The van der Waals surface area contributed by atoms with Crippen LogP contribution < -0.4 is 5.32 Å². The van der Waals surface area contributed by atoms with Gasteiger partial charge in [-0.15, -0.1) is 0 Å². The number of anilines is 1. The number of halogens is 1. The van der Waals surface area contributed by atoms with Gasteiger partial charge in [0.25, 0.3) is 0 Å². The molecule has 1 aromatic carbocycles. The van der Waals surface area contributed by atoms with Gasteiger partial charge in [-0.2, -0.15) is 0 Å². The summed E-state index contributed by atoms with van der Waals surface area (Å²) in [5.74, 6) is 1.09. The van der Waals surface area contributed by atoms with Crippen LogP contribution in [0.2, 0.25) is 5.02 Å². The minimum atomic E-state index is 0.0953. The Labute approximate surface area is 108 Å². The van der Waals surface area contributed by atoms with Crippen molar-refractivity contribution >= 4 is 23.1 Å². The van der Waals surface area contributed by atoms with E-state index < -0.39 is 0 Å². The summed E-state index contributed by atoms with van der Waals surface area (Å²) in [6.45, 7) is 7.52. The molecule has 1 aliphatic heterocycles. The molecule has 0 atom stereocenters. The molecule has 1 N–H and O–H groups in total. The third-order valence-electron chi connectivity index (χ3n) is 3.13. The minimum absolute atomic E-state index is 0.0953. The molecule has 0 saturated carbocycles. The Morgan fingerprint density at radius 1 is 1.41 bits per heavy atom. The highest BCUT2D eigenvalue weighted by molar-refractivity contribution is 6.30. The van der Waals surface area contributed by atoms with E-state index in [-0.39, 0.29) is 5.41 Å². The molecule has 0 bridgehead atoms. The lowest BCUT2D eigenvalue weighted by Gasteiger charge is -2.34. The smallest absolute Gasteiger partial charge is 0.102 e. The van der Waals surface area contributed by atoms with Crippen LogP contribution in [0.15, 0.2) is 23.2 Å². The van der Waals surface area contributed by atoms with Gasteiger partial charge in [0.2, 0.25) is 0 Å². The van der Waals surface area contributed by atoms with Crippen LogP contribution in [0, 0.1) is 0 Å². The summed E-state index contributed by atoms with van der Waals surface area (Å²) in [6.07, 6.45) is 2.03. The van der Waals surface area contributed by atoms with Crippen LogP contribution in [0.3, 0.4) is 0 Å². The molecular formula is C14H19ClN2. The highest BCUT2D eigenvalue weighted by Crippen LogP contribution is 2.38. The highest BCUT2D eigenvalue weighted by Gasteiger charge is 2.30. The monoisotopic (exact) mass is 250 g/mol. The normalized spacial score (nSPS) is 19.9. The fourth-order valence-corrected chi connectivity index (χ4v) is 2.41. The number of nitrogens with zero attached hydrogens (tertiary/aromatic N) is 1. The molecule has 0 spiro atoms. The second-order valence-corrected chi connectivity index (χ2v) is 5.64. The van der Waals surface area contributed by atoms with Crippen LogP contribution in [-0.2, 0) is 5.41 Å². The summed E-state index contributed by atoms with van der Waals surface area (Å²) in [5.41, 5.74) is 2.51. The third-order valence-corrected chi connectivity index (χ3v) is 3.36. The molecule has 0 fully saturated rings. The van der Waals surface area contributed by atoms with Crippen LogP contribution >= 0.6 is 11.6 Å². The summed E-state index contributed by atoms with van der Waals surface area (Å²) in [6, 6.07) is 6.02. The van der Waals surface area contributed by atoms with E-state index in [1.165, 1.54) is 5.56 Å². The Bertz CT molecular complexity index is 450. The molecule has 1 aromatic rings. The van der Waals surface area contributed by atoms with Gasteiger partial charge in [-0.25, -0.2) is 0 Å². The molecule has 1 heterocycles. The van der Waals surface area contributed by atoms with E-state index in [1.54, 1.807) is 0 Å². The van der Waals surface area contributed by atoms with Crippen molar-refractivity contribution in [1.82, 2.24) is 0 Å². The SMILES string of the molecule is CCCN=C1CC(C)(C)c2cc(Cl)ccc2N1. The van der Waals surface area contributed by atoms with E-state index >= 15 is 0 Å². The first-order valence-corrected chi connectivity index (χ1v) is 6.51. The van der Waals surface area contributed by atoms with E-state index in [0.29, 0.717) is 0 Å². The maximum absolute atomic E-state index is 6.07. The summed E-state index contributed by atoms with van der Waals surface area (Å²) < 4.78 is 0. The van der Waals surface area contributed by atoms with E-state index in [0.717, 1.165) is 35.9 Å². The van der Waals surface area contributed by atoms with Crippen molar-refractivity contribution < 1.29 is 0 Å². The van der Waals surface area contributed by atoms with Gasteiger partial charge in [-0.1, -0.05) is 32.4 Å². The molecule has 0 aromatic heterocycles. The van der Waals surface area contributed by atoms with Crippen molar-refractivity contribution in [2.24, 2.45) is 4.99 Å². The number of hydrogen-bond donors (Lipinski definition) is 1. The number of nitrogens with one attached hydrogen (secondary N) is 1. The molecule has 92 valence electrons. The average molecular weight is 251 g/mol. The number of amidine groups is 1. The van der Waals surface area contributed by atoms with Crippen LogP contribution in [0.1, 0.15) is 39.2 Å². The van der Waals surface area contributed by atoms with E-state index in [4.69, 9.17) is 11.6 Å². The van der Waals surface area contributed by atoms with Gasteiger partial charge in [0.15, 0.2) is 0 Å². The van der Waals surface area contributed by atoms with Gasteiger partial charge in [0.05, 0.1) is 0 Å². The van der Waals surface area contributed by atoms with Crippen LogP contribution in [0.5, 0.6) is 0 Å². The van der Waals surface area contributed by atoms with Crippen molar-refractivity contribution in [2.75, 3.05) is 11.9 Å². The van der Waals surface area contributed by atoms with Crippen molar-refractivity contribution in [3.8, 4) is 0 Å². The van der Waals surface area contributed by atoms with Gasteiger partial charge in [0.1, 0.15) is 5.84 Å². The molecule has 0 unspecified atom stereocenters. The Hall–Kier alpha value is -1.02. The second kappa shape index (κ2) is 4.69. The van der Waals surface area contributed by atoms with Crippen molar-refractivity contribution in [2.45, 2.75) is 39.0 Å². The molecule has 2 rings (SSSR count). The Kier molecular flexibility index (Phi) is 3.43. The zero-order valence-electron chi connectivity index (χ0n) is 10.7. The van der Waals surface area contributed by atoms with Gasteiger partial charge in [0, 0.05) is 23.7 Å². The highest BCUT2D eigenvalue weighted by atomic mass is 35.5. The summed E-state index contributed by atoms with van der Waals surface area (Å²) in [5, 5.41) is 4.20. The predicted molar refractivity (Wildman–Crippen MR) is 75.3 cm³/mol. The van der Waals surface area contributed by atoms with E-state index in [2.05, 4.69) is 37.1 Å². The minimum Gasteiger partial charge on any atom is -0.344 e. The summed E-state index contributed by atoms with van der Waals surface area (Å²) >= 11 is 6.07. The average Bonchev–Trinajstić information content (AvgIpc) is 2.27. The number of aliphatic imine (C=N–C) groups is 1. The predicted octanol–water partition coefficient (Wildman–Crippen LogP) is 4.24. The first-order chi connectivity index (χ1) is 8.03. The van der Waals surface area contributed by atoms with Crippen molar-refractivity contribution in [3.63, 3.8) is 0 Å². The van der Waals surface area contributed by atoms with E-state index in [9.17, 15) is 0 Å².